The second-order valence-electron chi connectivity index (χ2n) is 6.38. The van der Waals surface area contributed by atoms with E-state index in [1.165, 1.54) is 0 Å². The van der Waals surface area contributed by atoms with Gasteiger partial charge in [0.15, 0.2) is 0 Å². The van der Waals surface area contributed by atoms with Crippen molar-refractivity contribution in [2.24, 2.45) is 5.92 Å². The van der Waals surface area contributed by atoms with Gasteiger partial charge in [0.25, 0.3) is 5.56 Å². The maximum Gasteiger partial charge on any atom is 0.274 e. The second kappa shape index (κ2) is 8.22. The lowest BCUT2D eigenvalue weighted by Crippen LogP contribution is -2.38. The molecular formula is C19H25N3O2. The Hall–Kier alpha value is -1.98. The number of hydrogen-bond acceptors (Lipinski definition) is 4. The van der Waals surface area contributed by atoms with Gasteiger partial charge in [-0.3, -0.25) is 4.79 Å². The summed E-state index contributed by atoms with van der Waals surface area (Å²) in [6, 6.07) is 11.6. The molecule has 0 amide bonds. The zero-order valence-corrected chi connectivity index (χ0v) is 14.2. The number of piperidine rings is 1. The number of ether oxygens (including phenoxy) is 1. The van der Waals surface area contributed by atoms with Crippen molar-refractivity contribution >= 4 is 0 Å². The van der Waals surface area contributed by atoms with Crippen LogP contribution in [0.15, 0.2) is 47.4 Å². The quantitative estimate of drug-likeness (QED) is 0.816. The summed E-state index contributed by atoms with van der Waals surface area (Å²) >= 11 is 0. The molecule has 1 saturated heterocycles. The molecule has 1 aliphatic heterocycles. The van der Waals surface area contributed by atoms with E-state index in [-0.39, 0.29) is 5.56 Å². The highest BCUT2D eigenvalue weighted by Gasteiger charge is 2.20. The summed E-state index contributed by atoms with van der Waals surface area (Å²) in [5.41, 5.74) is 1.68. The molecule has 24 heavy (non-hydrogen) atoms. The molecular weight excluding hydrogens is 302 g/mol. The Morgan fingerprint density at radius 3 is 2.62 bits per heavy atom. The monoisotopic (exact) mass is 327 g/mol. The van der Waals surface area contributed by atoms with E-state index in [9.17, 15) is 4.79 Å². The first kappa shape index (κ1) is 16.9. The minimum absolute atomic E-state index is 0.00510. The number of benzene rings is 1. The van der Waals surface area contributed by atoms with Crippen molar-refractivity contribution in [2.75, 3.05) is 33.4 Å². The summed E-state index contributed by atoms with van der Waals surface area (Å²) in [6.45, 7) is 4.62. The maximum atomic E-state index is 12.7. The molecule has 2 aromatic rings. The average molecular weight is 327 g/mol. The van der Waals surface area contributed by atoms with Crippen LogP contribution in [0.5, 0.6) is 0 Å². The smallest absolute Gasteiger partial charge is 0.274 e. The Morgan fingerprint density at radius 1 is 1.17 bits per heavy atom. The summed E-state index contributed by atoms with van der Waals surface area (Å²) in [6.07, 6.45) is 3.94. The third-order valence-electron chi connectivity index (χ3n) is 4.75. The van der Waals surface area contributed by atoms with Gasteiger partial charge in [-0.15, -0.1) is 0 Å². The van der Waals surface area contributed by atoms with Gasteiger partial charge in [0, 0.05) is 26.4 Å². The number of likely N-dealkylation sites (tertiary alicyclic amines) is 1. The molecule has 5 heteroatoms. The average Bonchev–Trinajstić information content (AvgIpc) is 2.63. The predicted octanol–water partition coefficient (Wildman–Crippen LogP) is 2.27. The zero-order valence-electron chi connectivity index (χ0n) is 14.2. The number of methoxy groups -OCH3 is 1. The number of aromatic nitrogens is 2. The van der Waals surface area contributed by atoms with Gasteiger partial charge in [-0.1, -0.05) is 30.3 Å². The zero-order chi connectivity index (χ0) is 16.8. The van der Waals surface area contributed by atoms with Gasteiger partial charge in [0.2, 0.25) is 0 Å². The highest BCUT2D eigenvalue weighted by Crippen LogP contribution is 2.19. The topological polar surface area (TPSA) is 47.4 Å². The van der Waals surface area contributed by atoms with Gasteiger partial charge in [0.1, 0.15) is 0 Å². The lowest BCUT2D eigenvalue weighted by atomic mass is 9.97. The van der Waals surface area contributed by atoms with Crippen molar-refractivity contribution in [1.82, 2.24) is 14.7 Å². The molecule has 0 spiro atoms. The largest absolute Gasteiger partial charge is 0.383 e. The first-order chi connectivity index (χ1) is 11.8. The standard InChI is InChI=1S/C19H25N3O2/c1-24-14-13-21-11-8-16(9-12-21)15-22-19(23)18(7-10-20-22)17-5-3-2-4-6-17/h2-7,10,16H,8-9,11-15H2,1H3. The van der Waals surface area contributed by atoms with Crippen LogP contribution >= 0.6 is 0 Å². The Bertz CT molecular complexity index is 691. The summed E-state index contributed by atoms with van der Waals surface area (Å²) in [5, 5.41) is 4.30. The fourth-order valence-corrected chi connectivity index (χ4v) is 3.28. The minimum atomic E-state index is 0.00510. The maximum absolute atomic E-state index is 12.7. The third kappa shape index (κ3) is 4.10. The van der Waals surface area contributed by atoms with E-state index in [0.29, 0.717) is 12.5 Å². The molecule has 128 valence electrons. The van der Waals surface area contributed by atoms with Crippen LogP contribution in [0.3, 0.4) is 0 Å². The summed E-state index contributed by atoms with van der Waals surface area (Å²) < 4.78 is 6.78. The molecule has 0 aliphatic carbocycles. The van der Waals surface area contributed by atoms with Crippen molar-refractivity contribution in [1.29, 1.82) is 0 Å². The van der Waals surface area contributed by atoms with Gasteiger partial charge < -0.3 is 9.64 Å². The lowest BCUT2D eigenvalue weighted by molar-refractivity contribution is 0.115. The SMILES string of the molecule is COCCN1CCC(Cn2nccc(-c3ccccc3)c2=O)CC1. The van der Waals surface area contributed by atoms with E-state index in [0.717, 1.165) is 50.2 Å². The van der Waals surface area contributed by atoms with E-state index in [2.05, 4.69) is 10.00 Å². The molecule has 2 heterocycles. The van der Waals surface area contributed by atoms with Crippen molar-refractivity contribution in [3.05, 3.63) is 52.9 Å². The molecule has 3 rings (SSSR count). The van der Waals surface area contributed by atoms with Crippen LogP contribution in [-0.4, -0.2) is 48.0 Å². The molecule has 0 N–H and O–H groups in total. The molecule has 1 fully saturated rings. The van der Waals surface area contributed by atoms with Crippen LogP contribution in [0.25, 0.3) is 11.1 Å². The Morgan fingerprint density at radius 2 is 1.92 bits per heavy atom. The summed E-state index contributed by atoms with van der Waals surface area (Å²) in [4.78, 5) is 15.1. The fourth-order valence-electron chi connectivity index (χ4n) is 3.28. The van der Waals surface area contributed by atoms with Crippen LogP contribution < -0.4 is 5.56 Å². The molecule has 1 aliphatic rings. The highest BCUT2D eigenvalue weighted by molar-refractivity contribution is 5.61. The minimum Gasteiger partial charge on any atom is -0.383 e. The Balaban J connectivity index is 1.66. The van der Waals surface area contributed by atoms with E-state index in [1.54, 1.807) is 18.0 Å². The van der Waals surface area contributed by atoms with Gasteiger partial charge >= 0.3 is 0 Å². The predicted molar refractivity (Wildman–Crippen MR) is 95.0 cm³/mol. The summed E-state index contributed by atoms with van der Waals surface area (Å²) in [7, 11) is 1.74. The molecule has 1 aromatic carbocycles. The Kier molecular flexibility index (Phi) is 5.77. The van der Waals surface area contributed by atoms with Crippen LogP contribution in [0.4, 0.5) is 0 Å². The van der Waals surface area contributed by atoms with Crippen molar-refractivity contribution < 1.29 is 4.74 Å². The van der Waals surface area contributed by atoms with Crippen molar-refractivity contribution in [2.45, 2.75) is 19.4 Å². The van der Waals surface area contributed by atoms with Gasteiger partial charge in [-0.05, 0) is 43.5 Å². The normalized spacial score (nSPS) is 16.4. The van der Waals surface area contributed by atoms with E-state index in [1.807, 2.05) is 36.4 Å². The van der Waals surface area contributed by atoms with Crippen LogP contribution in [0, 0.1) is 5.92 Å². The number of hydrogen-bond donors (Lipinski definition) is 0. The lowest BCUT2D eigenvalue weighted by Gasteiger charge is -2.31. The fraction of sp³-hybridized carbons (Fsp3) is 0.474. The van der Waals surface area contributed by atoms with E-state index in [4.69, 9.17) is 4.74 Å². The number of nitrogens with zero attached hydrogens (tertiary/aromatic N) is 3. The van der Waals surface area contributed by atoms with Gasteiger partial charge in [-0.25, -0.2) is 4.68 Å². The molecule has 0 atom stereocenters. The summed E-state index contributed by atoms with van der Waals surface area (Å²) in [5.74, 6) is 0.514. The molecule has 0 bridgehead atoms. The van der Waals surface area contributed by atoms with E-state index < -0.39 is 0 Å². The van der Waals surface area contributed by atoms with Crippen LogP contribution in [0.2, 0.25) is 0 Å². The number of rotatable bonds is 6. The van der Waals surface area contributed by atoms with Crippen molar-refractivity contribution in [3.8, 4) is 11.1 Å². The molecule has 5 nitrogen and oxygen atoms in total. The van der Waals surface area contributed by atoms with Crippen molar-refractivity contribution in [3.63, 3.8) is 0 Å². The van der Waals surface area contributed by atoms with Gasteiger partial charge in [0.05, 0.1) is 12.2 Å². The first-order valence-electron chi connectivity index (χ1n) is 8.61. The van der Waals surface area contributed by atoms with Crippen LogP contribution in [-0.2, 0) is 11.3 Å². The molecule has 1 aromatic heterocycles. The highest BCUT2D eigenvalue weighted by atomic mass is 16.5. The second-order valence-corrected chi connectivity index (χ2v) is 6.38. The first-order valence-corrected chi connectivity index (χ1v) is 8.61. The Labute approximate surface area is 142 Å². The molecule has 0 unspecified atom stereocenters. The van der Waals surface area contributed by atoms with Gasteiger partial charge in [-0.2, -0.15) is 5.10 Å². The molecule has 0 saturated carbocycles. The molecule has 0 radical (unpaired) electrons. The van der Waals surface area contributed by atoms with E-state index >= 15 is 0 Å². The van der Waals surface area contributed by atoms with Crippen LogP contribution in [0.1, 0.15) is 12.8 Å². The third-order valence-corrected chi connectivity index (χ3v) is 4.75.